The van der Waals surface area contributed by atoms with E-state index >= 15 is 0 Å². The number of carbonyl (C=O) groups excluding carboxylic acids is 1. The lowest BCUT2D eigenvalue weighted by Gasteiger charge is -2.20. The Balaban J connectivity index is 2.17. The molecule has 3 N–H and O–H groups in total. The molecule has 3 rings (SSSR count). The summed E-state index contributed by atoms with van der Waals surface area (Å²) in [6.45, 7) is 0. The Bertz CT molecular complexity index is 609. The Hall–Kier alpha value is -2.13. The average Bonchev–Trinajstić information content (AvgIpc) is 2.74. The van der Waals surface area contributed by atoms with Gasteiger partial charge < -0.3 is 10.8 Å². The molecule has 19 heavy (non-hydrogen) atoms. The van der Waals surface area contributed by atoms with Gasteiger partial charge in [-0.2, -0.15) is 0 Å². The minimum Gasteiger partial charge on any atom is -0.388 e. The number of carbonyl (C=O) groups is 1. The number of primary amides is 1. The van der Waals surface area contributed by atoms with Gasteiger partial charge in [-0.25, -0.2) is 0 Å². The fourth-order valence-corrected chi connectivity index (χ4v) is 3.00. The van der Waals surface area contributed by atoms with Gasteiger partial charge in [0.25, 0.3) is 0 Å². The van der Waals surface area contributed by atoms with Crippen LogP contribution in [0.4, 0.5) is 0 Å². The van der Waals surface area contributed by atoms with Crippen LogP contribution < -0.4 is 5.73 Å². The topological polar surface area (TPSA) is 63.3 Å². The predicted molar refractivity (Wildman–Crippen MR) is 72.4 cm³/mol. The van der Waals surface area contributed by atoms with E-state index in [2.05, 4.69) is 0 Å². The van der Waals surface area contributed by atoms with Gasteiger partial charge >= 0.3 is 0 Å². The van der Waals surface area contributed by atoms with Crippen molar-refractivity contribution in [3.63, 3.8) is 0 Å². The van der Waals surface area contributed by atoms with Gasteiger partial charge in [-0.15, -0.1) is 0 Å². The summed E-state index contributed by atoms with van der Waals surface area (Å²) in [6.07, 6.45) is -0.820. The van der Waals surface area contributed by atoms with Crippen molar-refractivity contribution in [2.45, 2.75) is 12.0 Å². The Morgan fingerprint density at radius 1 is 0.947 bits per heavy atom. The summed E-state index contributed by atoms with van der Waals surface area (Å²) in [6, 6.07) is 17.3. The molecule has 2 aromatic rings. The van der Waals surface area contributed by atoms with Gasteiger partial charge in [-0.05, 0) is 16.7 Å². The molecule has 0 saturated carbocycles. The lowest BCUT2D eigenvalue weighted by molar-refractivity contribution is -0.125. The lowest BCUT2D eigenvalue weighted by atomic mass is 9.85. The van der Waals surface area contributed by atoms with Crippen LogP contribution in [0.15, 0.2) is 54.6 Å². The SMILES string of the molecule is NC(=O)C1C(O)c2ccccc2C1c1ccccc1. The number of fused-ring (bicyclic) bond motifs is 1. The van der Waals surface area contributed by atoms with Crippen LogP contribution in [-0.4, -0.2) is 11.0 Å². The maximum absolute atomic E-state index is 11.7. The van der Waals surface area contributed by atoms with Gasteiger partial charge in [0.05, 0.1) is 12.0 Å². The maximum atomic E-state index is 11.7. The zero-order valence-electron chi connectivity index (χ0n) is 10.4. The molecule has 3 unspecified atom stereocenters. The van der Waals surface area contributed by atoms with E-state index < -0.39 is 17.9 Å². The third kappa shape index (κ3) is 1.83. The number of aliphatic hydroxyl groups is 1. The van der Waals surface area contributed by atoms with Crippen molar-refractivity contribution in [1.29, 1.82) is 0 Å². The zero-order chi connectivity index (χ0) is 13.4. The van der Waals surface area contributed by atoms with Gasteiger partial charge in [0.2, 0.25) is 5.91 Å². The molecular formula is C16H15NO2. The molecule has 0 bridgehead atoms. The Kier molecular flexibility index (Phi) is 2.84. The standard InChI is InChI=1S/C16H15NO2/c17-16(19)14-13(10-6-2-1-3-7-10)11-8-4-5-9-12(11)15(14)18/h1-9,13-15,18H,(H2,17,19). The van der Waals surface area contributed by atoms with Crippen molar-refractivity contribution in [2.24, 2.45) is 11.7 Å². The van der Waals surface area contributed by atoms with E-state index in [-0.39, 0.29) is 5.92 Å². The summed E-state index contributed by atoms with van der Waals surface area (Å²) < 4.78 is 0. The van der Waals surface area contributed by atoms with E-state index in [1.54, 1.807) is 0 Å². The number of aliphatic hydroxyl groups excluding tert-OH is 1. The van der Waals surface area contributed by atoms with Crippen LogP contribution in [0, 0.1) is 5.92 Å². The Labute approximate surface area is 111 Å². The number of amides is 1. The van der Waals surface area contributed by atoms with Crippen LogP contribution in [0.3, 0.4) is 0 Å². The van der Waals surface area contributed by atoms with E-state index in [4.69, 9.17) is 5.73 Å². The van der Waals surface area contributed by atoms with Crippen molar-refractivity contribution in [2.75, 3.05) is 0 Å². The first-order valence-electron chi connectivity index (χ1n) is 6.31. The first-order chi connectivity index (χ1) is 9.20. The molecule has 0 aromatic heterocycles. The maximum Gasteiger partial charge on any atom is 0.224 e. The van der Waals surface area contributed by atoms with Gasteiger partial charge in [0.15, 0.2) is 0 Å². The molecule has 1 aliphatic carbocycles. The molecule has 2 aromatic carbocycles. The highest BCUT2D eigenvalue weighted by Crippen LogP contribution is 2.48. The molecule has 3 heteroatoms. The molecule has 3 nitrogen and oxygen atoms in total. The molecule has 0 fully saturated rings. The summed E-state index contributed by atoms with van der Waals surface area (Å²) in [5, 5.41) is 10.3. The fourth-order valence-electron chi connectivity index (χ4n) is 3.00. The third-order valence-electron chi connectivity index (χ3n) is 3.84. The largest absolute Gasteiger partial charge is 0.388 e. The van der Waals surface area contributed by atoms with Crippen molar-refractivity contribution in [3.8, 4) is 0 Å². The molecular weight excluding hydrogens is 238 g/mol. The van der Waals surface area contributed by atoms with E-state index in [0.29, 0.717) is 0 Å². The van der Waals surface area contributed by atoms with Crippen LogP contribution in [0.2, 0.25) is 0 Å². The smallest absolute Gasteiger partial charge is 0.224 e. The lowest BCUT2D eigenvalue weighted by Crippen LogP contribution is -2.29. The predicted octanol–water partition coefficient (Wildman–Crippen LogP) is 1.97. The number of rotatable bonds is 2. The molecule has 0 spiro atoms. The normalized spacial score (nSPS) is 25.0. The highest BCUT2D eigenvalue weighted by Gasteiger charge is 2.43. The Morgan fingerprint density at radius 2 is 1.53 bits per heavy atom. The first kappa shape index (κ1) is 11.9. The molecule has 0 heterocycles. The van der Waals surface area contributed by atoms with Crippen molar-refractivity contribution >= 4 is 5.91 Å². The first-order valence-corrected chi connectivity index (χ1v) is 6.31. The fraction of sp³-hybridized carbons (Fsp3) is 0.188. The van der Waals surface area contributed by atoms with Crippen LogP contribution in [0.5, 0.6) is 0 Å². The van der Waals surface area contributed by atoms with Gasteiger partial charge in [0, 0.05) is 5.92 Å². The second-order valence-electron chi connectivity index (χ2n) is 4.89. The third-order valence-corrected chi connectivity index (χ3v) is 3.84. The van der Waals surface area contributed by atoms with Crippen molar-refractivity contribution in [3.05, 3.63) is 71.3 Å². The molecule has 96 valence electrons. The van der Waals surface area contributed by atoms with E-state index in [9.17, 15) is 9.90 Å². The van der Waals surface area contributed by atoms with Crippen molar-refractivity contribution in [1.82, 2.24) is 0 Å². The van der Waals surface area contributed by atoms with Gasteiger partial charge in [-0.1, -0.05) is 54.6 Å². The van der Waals surface area contributed by atoms with E-state index in [1.807, 2.05) is 54.6 Å². The molecule has 1 amide bonds. The summed E-state index contributed by atoms with van der Waals surface area (Å²) >= 11 is 0. The molecule has 0 radical (unpaired) electrons. The van der Waals surface area contributed by atoms with E-state index in [1.165, 1.54) is 0 Å². The summed E-state index contributed by atoms with van der Waals surface area (Å²) in [5.41, 5.74) is 8.30. The van der Waals surface area contributed by atoms with Gasteiger partial charge in [0.1, 0.15) is 0 Å². The highest BCUT2D eigenvalue weighted by atomic mass is 16.3. The van der Waals surface area contributed by atoms with Crippen LogP contribution >= 0.6 is 0 Å². The molecule has 0 aliphatic heterocycles. The summed E-state index contributed by atoms with van der Waals surface area (Å²) in [7, 11) is 0. The molecule has 0 saturated heterocycles. The molecule has 3 atom stereocenters. The zero-order valence-corrected chi connectivity index (χ0v) is 10.4. The monoisotopic (exact) mass is 253 g/mol. The number of hydrogen-bond acceptors (Lipinski definition) is 2. The Morgan fingerprint density at radius 3 is 2.16 bits per heavy atom. The minimum absolute atomic E-state index is 0.162. The molecule has 1 aliphatic rings. The summed E-state index contributed by atoms with van der Waals surface area (Å²) in [4.78, 5) is 11.7. The van der Waals surface area contributed by atoms with Crippen LogP contribution in [0.25, 0.3) is 0 Å². The number of hydrogen-bond donors (Lipinski definition) is 2. The quantitative estimate of drug-likeness (QED) is 0.859. The van der Waals surface area contributed by atoms with E-state index in [0.717, 1.165) is 16.7 Å². The number of nitrogens with two attached hydrogens (primary N) is 1. The average molecular weight is 253 g/mol. The second kappa shape index (κ2) is 4.52. The number of benzene rings is 2. The van der Waals surface area contributed by atoms with Crippen molar-refractivity contribution < 1.29 is 9.90 Å². The van der Waals surface area contributed by atoms with Crippen LogP contribution in [-0.2, 0) is 4.79 Å². The minimum atomic E-state index is -0.820. The van der Waals surface area contributed by atoms with Gasteiger partial charge in [-0.3, -0.25) is 4.79 Å². The second-order valence-corrected chi connectivity index (χ2v) is 4.89. The summed E-state index contributed by atoms with van der Waals surface area (Å²) in [5.74, 6) is -1.22. The highest BCUT2D eigenvalue weighted by molar-refractivity contribution is 5.81. The van der Waals surface area contributed by atoms with Crippen LogP contribution in [0.1, 0.15) is 28.7 Å².